The summed E-state index contributed by atoms with van der Waals surface area (Å²) in [6.45, 7) is 3.78. The molecule has 0 aliphatic rings. The number of hydrogen-bond acceptors (Lipinski definition) is 2. The first-order chi connectivity index (χ1) is 9.88. The van der Waals surface area contributed by atoms with Crippen molar-refractivity contribution >= 4 is 33.3 Å². The number of ether oxygens (including phenoxy) is 1. The normalized spacial score (nSPS) is 10.8. The lowest BCUT2D eigenvalue weighted by Gasteiger charge is -2.11. The molecule has 0 amide bonds. The fraction of sp³-hybridized carbons (Fsp3) is 0.188. The van der Waals surface area contributed by atoms with Crippen molar-refractivity contribution in [3.63, 3.8) is 0 Å². The van der Waals surface area contributed by atoms with E-state index >= 15 is 0 Å². The Bertz CT molecular complexity index is 686. The standard InChI is InChI=1S/C16H13BrClFO2/c1-9(2)21-11-5-3-4-10(6-11)16(20)12-7-14(18)13(17)8-15(12)19/h3-9H,1-2H3. The minimum absolute atomic E-state index is 0.00536. The van der Waals surface area contributed by atoms with E-state index in [0.717, 1.165) is 0 Å². The minimum Gasteiger partial charge on any atom is -0.491 e. The number of rotatable bonds is 4. The molecule has 0 fully saturated rings. The monoisotopic (exact) mass is 370 g/mol. The van der Waals surface area contributed by atoms with E-state index in [-0.39, 0.29) is 16.7 Å². The number of halogens is 3. The Balaban J connectivity index is 2.38. The van der Waals surface area contributed by atoms with Crippen LogP contribution in [0.4, 0.5) is 4.39 Å². The van der Waals surface area contributed by atoms with Crippen LogP contribution in [0.1, 0.15) is 29.8 Å². The van der Waals surface area contributed by atoms with Crippen LogP contribution in [0.2, 0.25) is 5.02 Å². The fourth-order valence-electron chi connectivity index (χ4n) is 1.83. The quantitative estimate of drug-likeness (QED) is 0.541. The molecule has 2 rings (SSSR count). The third-order valence-electron chi connectivity index (χ3n) is 2.72. The van der Waals surface area contributed by atoms with Crippen molar-refractivity contribution in [1.29, 1.82) is 0 Å². The summed E-state index contributed by atoms with van der Waals surface area (Å²) in [5.41, 5.74) is 0.287. The summed E-state index contributed by atoms with van der Waals surface area (Å²) >= 11 is 9.05. The summed E-state index contributed by atoms with van der Waals surface area (Å²) in [5.74, 6) is -0.484. The van der Waals surface area contributed by atoms with Crippen molar-refractivity contribution in [2.24, 2.45) is 0 Å². The molecule has 0 aliphatic carbocycles. The first-order valence-electron chi connectivity index (χ1n) is 6.34. The van der Waals surface area contributed by atoms with E-state index in [4.69, 9.17) is 16.3 Å². The Labute approximate surface area is 136 Å². The summed E-state index contributed by atoms with van der Waals surface area (Å²) in [4.78, 5) is 12.4. The molecule has 0 atom stereocenters. The predicted molar refractivity (Wildman–Crippen MR) is 84.7 cm³/mol. The van der Waals surface area contributed by atoms with E-state index in [1.165, 1.54) is 12.1 Å². The van der Waals surface area contributed by atoms with Crippen LogP contribution >= 0.6 is 27.5 Å². The molecular formula is C16H13BrClFO2. The average molecular weight is 372 g/mol. The van der Waals surface area contributed by atoms with Crippen molar-refractivity contribution in [1.82, 2.24) is 0 Å². The maximum Gasteiger partial charge on any atom is 0.196 e. The highest BCUT2D eigenvalue weighted by Crippen LogP contribution is 2.27. The van der Waals surface area contributed by atoms with Crippen molar-refractivity contribution < 1.29 is 13.9 Å². The molecular weight excluding hydrogens is 359 g/mol. The van der Waals surface area contributed by atoms with Gasteiger partial charge in [-0.15, -0.1) is 0 Å². The first kappa shape index (κ1) is 16.0. The zero-order chi connectivity index (χ0) is 15.6. The van der Waals surface area contributed by atoms with Crippen molar-refractivity contribution in [2.75, 3.05) is 0 Å². The molecule has 0 heterocycles. The van der Waals surface area contributed by atoms with Crippen molar-refractivity contribution in [3.8, 4) is 5.75 Å². The zero-order valence-electron chi connectivity index (χ0n) is 11.5. The average Bonchev–Trinajstić information content (AvgIpc) is 2.41. The molecule has 0 radical (unpaired) electrons. The summed E-state index contributed by atoms with van der Waals surface area (Å²) in [6.07, 6.45) is -0.00536. The van der Waals surface area contributed by atoms with E-state index in [9.17, 15) is 9.18 Å². The van der Waals surface area contributed by atoms with Crippen LogP contribution in [-0.4, -0.2) is 11.9 Å². The maximum atomic E-state index is 13.9. The molecule has 5 heteroatoms. The van der Waals surface area contributed by atoms with Crippen LogP contribution < -0.4 is 4.74 Å². The van der Waals surface area contributed by atoms with Gasteiger partial charge in [0.1, 0.15) is 11.6 Å². The molecule has 0 aromatic heterocycles. The molecule has 0 unspecified atom stereocenters. The van der Waals surface area contributed by atoms with E-state index in [2.05, 4.69) is 15.9 Å². The number of ketones is 1. The van der Waals surface area contributed by atoms with Gasteiger partial charge >= 0.3 is 0 Å². The molecule has 2 nitrogen and oxygen atoms in total. The highest BCUT2D eigenvalue weighted by atomic mass is 79.9. The molecule has 2 aromatic rings. The minimum atomic E-state index is -0.619. The Morgan fingerprint density at radius 1 is 1.29 bits per heavy atom. The Morgan fingerprint density at radius 3 is 2.67 bits per heavy atom. The lowest BCUT2D eigenvalue weighted by atomic mass is 10.0. The van der Waals surface area contributed by atoms with Crippen LogP contribution in [0, 0.1) is 5.82 Å². The number of benzene rings is 2. The number of carbonyl (C=O) groups excluding carboxylic acids is 1. The fourth-order valence-corrected chi connectivity index (χ4v) is 2.31. The molecule has 21 heavy (non-hydrogen) atoms. The number of hydrogen-bond donors (Lipinski definition) is 0. The maximum absolute atomic E-state index is 13.9. The molecule has 110 valence electrons. The highest BCUT2D eigenvalue weighted by molar-refractivity contribution is 9.10. The van der Waals surface area contributed by atoms with Crippen LogP contribution in [0.25, 0.3) is 0 Å². The van der Waals surface area contributed by atoms with Gasteiger partial charge in [-0.3, -0.25) is 4.79 Å². The van der Waals surface area contributed by atoms with E-state index in [0.29, 0.717) is 15.8 Å². The van der Waals surface area contributed by atoms with E-state index in [1.807, 2.05) is 13.8 Å². The van der Waals surface area contributed by atoms with Crippen LogP contribution in [0.5, 0.6) is 5.75 Å². The van der Waals surface area contributed by atoms with Gasteiger partial charge in [-0.2, -0.15) is 0 Å². The van der Waals surface area contributed by atoms with Gasteiger partial charge < -0.3 is 4.74 Å². The Kier molecular flexibility index (Phi) is 5.01. The molecule has 0 saturated heterocycles. The lowest BCUT2D eigenvalue weighted by molar-refractivity contribution is 0.103. The Hall–Kier alpha value is -1.39. The second-order valence-corrected chi connectivity index (χ2v) is 6.03. The predicted octanol–water partition coefficient (Wildman–Crippen LogP) is 5.26. The topological polar surface area (TPSA) is 26.3 Å². The third kappa shape index (κ3) is 3.83. The highest BCUT2D eigenvalue weighted by Gasteiger charge is 2.17. The molecule has 0 aliphatic heterocycles. The van der Waals surface area contributed by atoms with Gasteiger partial charge in [0.05, 0.1) is 16.7 Å². The number of carbonyl (C=O) groups is 1. The first-order valence-corrected chi connectivity index (χ1v) is 7.51. The van der Waals surface area contributed by atoms with E-state index < -0.39 is 11.6 Å². The van der Waals surface area contributed by atoms with E-state index in [1.54, 1.807) is 24.3 Å². The molecule has 0 spiro atoms. The lowest BCUT2D eigenvalue weighted by Crippen LogP contribution is -2.08. The van der Waals surface area contributed by atoms with Crippen LogP contribution in [-0.2, 0) is 0 Å². The summed E-state index contributed by atoms with van der Waals surface area (Å²) in [6, 6.07) is 9.16. The Morgan fingerprint density at radius 2 is 2.00 bits per heavy atom. The van der Waals surface area contributed by atoms with Crippen molar-refractivity contribution in [3.05, 3.63) is 62.8 Å². The summed E-state index contributed by atoms with van der Waals surface area (Å²) in [7, 11) is 0. The molecule has 2 aromatic carbocycles. The van der Waals surface area contributed by atoms with Crippen LogP contribution in [0.3, 0.4) is 0 Å². The van der Waals surface area contributed by atoms with Gasteiger partial charge in [0.25, 0.3) is 0 Å². The largest absolute Gasteiger partial charge is 0.491 e. The molecule has 0 saturated carbocycles. The van der Waals surface area contributed by atoms with Gasteiger partial charge in [-0.05, 0) is 54.0 Å². The molecule has 0 bridgehead atoms. The zero-order valence-corrected chi connectivity index (χ0v) is 13.8. The van der Waals surface area contributed by atoms with Gasteiger partial charge in [0.2, 0.25) is 0 Å². The second kappa shape index (κ2) is 6.58. The third-order valence-corrected chi connectivity index (χ3v) is 3.92. The second-order valence-electron chi connectivity index (χ2n) is 4.77. The van der Waals surface area contributed by atoms with Gasteiger partial charge in [-0.1, -0.05) is 23.7 Å². The summed E-state index contributed by atoms with van der Waals surface area (Å²) < 4.78 is 19.9. The van der Waals surface area contributed by atoms with Gasteiger partial charge in [0, 0.05) is 10.0 Å². The van der Waals surface area contributed by atoms with Gasteiger partial charge in [-0.25, -0.2) is 4.39 Å². The van der Waals surface area contributed by atoms with Gasteiger partial charge in [0.15, 0.2) is 5.78 Å². The smallest absolute Gasteiger partial charge is 0.196 e. The van der Waals surface area contributed by atoms with Crippen LogP contribution in [0.15, 0.2) is 40.9 Å². The molecule has 0 N–H and O–H groups in total. The SMILES string of the molecule is CC(C)Oc1cccc(C(=O)c2cc(Cl)c(Br)cc2F)c1. The summed E-state index contributed by atoms with van der Waals surface area (Å²) in [5, 5.41) is 0.286. The van der Waals surface area contributed by atoms with Crippen molar-refractivity contribution in [2.45, 2.75) is 20.0 Å².